The highest BCUT2D eigenvalue weighted by Gasteiger charge is 2.34. The van der Waals surface area contributed by atoms with Crippen molar-refractivity contribution in [3.05, 3.63) is 23.8 Å². The summed E-state index contributed by atoms with van der Waals surface area (Å²) >= 11 is 0. The molecule has 0 saturated heterocycles. The van der Waals surface area contributed by atoms with E-state index < -0.39 is 11.5 Å². The van der Waals surface area contributed by atoms with Gasteiger partial charge in [0.2, 0.25) is 0 Å². The minimum atomic E-state index is -1.54. The largest absolute Gasteiger partial charge is 0.504 e. The van der Waals surface area contributed by atoms with Crippen LogP contribution in [-0.4, -0.2) is 21.3 Å². The van der Waals surface area contributed by atoms with Gasteiger partial charge in [0.05, 0.1) is 0 Å². The maximum atomic E-state index is 11.0. The highest BCUT2D eigenvalue weighted by Crippen LogP contribution is 2.31. The van der Waals surface area contributed by atoms with Gasteiger partial charge in [0.25, 0.3) is 0 Å². The number of benzene rings is 1. The van der Waals surface area contributed by atoms with E-state index in [1.54, 1.807) is 6.92 Å². The molecule has 82 valence electrons. The molecule has 1 rings (SSSR count). The summed E-state index contributed by atoms with van der Waals surface area (Å²) in [6.45, 7) is 1.64. The lowest BCUT2D eigenvalue weighted by Crippen LogP contribution is -2.44. The molecule has 1 unspecified atom stereocenters. The lowest BCUT2D eigenvalue weighted by Gasteiger charge is -2.23. The van der Waals surface area contributed by atoms with E-state index in [4.69, 9.17) is 15.9 Å². The van der Waals surface area contributed by atoms with Crippen LogP contribution in [0.5, 0.6) is 11.5 Å². The van der Waals surface area contributed by atoms with Crippen LogP contribution in [0.2, 0.25) is 0 Å². The van der Waals surface area contributed by atoms with Crippen LogP contribution in [0.3, 0.4) is 0 Å². The van der Waals surface area contributed by atoms with Gasteiger partial charge in [0.15, 0.2) is 11.5 Å². The number of phenolic OH excluding ortho intramolecular Hbond substituents is 2. The zero-order valence-electron chi connectivity index (χ0n) is 8.27. The Bertz CT molecular complexity index is 391. The van der Waals surface area contributed by atoms with Gasteiger partial charge in [0.1, 0.15) is 5.54 Å². The Morgan fingerprint density at radius 3 is 2.40 bits per heavy atom. The van der Waals surface area contributed by atoms with Crippen molar-refractivity contribution in [2.45, 2.75) is 18.9 Å². The molecule has 5 N–H and O–H groups in total. The smallest absolute Gasteiger partial charge is 0.328 e. The maximum absolute atomic E-state index is 11.0. The van der Waals surface area contributed by atoms with E-state index in [0.29, 0.717) is 0 Å². The molecule has 15 heavy (non-hydrogen) atoms. The van der Waals surface area contributed by atoms with Crippen LogP contribution in [0.25, 0.3) is 0 Å². The van der Waals surface area contributed by atoms with Gasteiger partial charge in [-0.15, -0.1) is 0 Å². The van der Waals surface area contributed by atoms with Crippen LogP contribution >= 0.6 is 0 Å². The topological polar surface area (TPSA) is 104 Å². The first-order valence-electron chi connectivity index (χ1n) is 4.46. The molecule has 1 aromatic rings. The van der Waals surface area contributed by atoms with Gasteiger partial charge in [-0.2, -0.15) is 0 Å². The number of hydrogen-bond donors (Lipinski definition) is 4. The normalized spacial score (nSPS) is 14.5. The minimum Gasteiger partial charge on any atom is -0.504 e. The highest BCUT2D eigenvalue weighted by atomic mass is 16.4. The van der Waals surface area contributed by atoms with Crippen molar-refractivity contribution in [3.63, 3.8) is 0 Å². The molecule has 0 spiro atoms. The van der Waals surface area contributed by atoms with Crippen molar-refractivity contribution in [1.29, 1.82) is 0 Å². The Morgan fingerprint density at radius 1 is 1.40 bits per heavy atom. The summed E-state index contributed by atoms with van der Waals surface area (Å²) in [5.74, 6) is -1.85. The molecule has 0 heterocycles. The monoisotopic (exact) mass is 211 g/mol. The van der Waals surface area contributed by atoms with Crippen LogP contribution in [0, 0.1) is 0 Å². The lowest BCUT2D eigenvalue weighted by atomic mass is 9.88. The molecule has 0 amide bonds. The van der Waals surface area contributed by atoms with Gasteiger partial charge < -0.3 is 21.1 Å². The number of rotatable bonds is 3. The quantitative estimate of drug-likeness (QED) is 0.552. The average molecular weight is 211 g/mol. The van der Waals surface area contributed by atoms with Gasteiger partial charge in [-0.1, -0.05) is 13.0 Å². The standard InChI is InChI=1S/C10H13NO4/c1-2-10(11,9(14)15)6-3-4-7(12)8(13)5-6/h3-5,12-13H,2,11H2,1H3,(H,14,15). The Morgan fingerprint density at radius 2 is 2.00 bits per heavy atom. The fourth-order valence-corrected chi connectivity index (χ4v) is 1.28. The number of hydrogen-bond acceptors (Lipinski definition) is 4. The number of aliphatic carboxylic acids is 1. The summed E-state index contributed by atoms with van der Waals surface area (Å²) in [7, 11) is 0. The third kappa shape index (κ3) is 1.87. The van der Waals surface area contributed by atoms with Crippen molar-refractivity contribution >= 4 is 5.97 Å². The summed E-state index contributed by atoms with van der Waals surface area (Å²) in [6, 6.07) is 3.75. The Hall–Kier alpha value is -1.75. The fourth-order valence-electron chi connectivity index (χ4n) is 1.28. The third-order valence-electron chi connectivity index (χ3n) is 2.43. The van der Waals surface area contributed by atoms with Crippen molar-refractivity contribution in [2.75, 3.05) is 0 Å². The zero-order valence-corrected chi connectivity index (χ0v) is 8.27. The predicted molar refractivity (Wildman–Crippen MR) is 53.6 cm³/mol. The highest BCUT2D eigenvalue weighted by molar-refractivity contribution is 5.80. The summed E-state index contributed by atoms with van der Waals surface area (Å²) < 4.78 is 0. The number of carbonyl (C=O) groups is 1. The number of aromatic hydroxyl groups is 2. The molecule has 0 aliphatic heterocycles. The molecule has 0 aliphatic carbocycles. The molecule has 5 nitrogen and oxygen atoms in total. The number of phenols is 2. The molecule has 1 atom stereocenters. The minimum absolute atomic E-state index is 0.187. The summed E-state index contributed by atoms with van der Waals surface area (Å²) in [5, 5.41) is 27.3. The van der Waals surface area contributed by atoms with E-state index in [-0.39, 0.29) is 23.5 Å². The molecular weight excluding hydrogens is 198 g/mol. The van der Waals surface area contributed by atoms with E-state index in [9.17, 15) is 9.90 Å². The second-order valence-corrected chi connectivity index (χ2v) is 3.33. The molecular formula is C10H13NO4. The van der Waals surface area contributed by atoms with Gasteiger partial charge >= 0.3 is 5.97 Å². The van der Waals surface area contributed by atoms with Crippen molar-refractivity contribution < 1.29 is 20.1 Å². The van der Waals surface area contributed by atoms with E-state index in [0.717, 1.165) is 6.07 Å². The van der Waals surface area contributed by atoms with Crippen LogP contribution in [0.4, 0.5) is 0 Å². The maximum Gasteiger partial charge on any atom is 0.328 e. The predicted octanol–water partition coefficient (Wildman–Crippen LogP) is 0.746. The number of carboxylic acid groups (broad SMARTS) is 1. The number of nitrogens with two attached hydrogens (primary N) is 1. The Kier molecular flexibility index (Phi) is 2.85. The Labute approximate surface area is 86.8 Å². The first-order valence-corrected chi connectivity index (χ1v) is 4.46. The molecule has 1 aromatic carbocycles. The van der Waals surface area contributed by atoms with Gasteiger partial charge in [-0.3, -0.25) is 0 Å². The van der Waals surface area contributed by atoms with Crippen LogP contribution in [-0.2, 0) is 10.3 Å². The molecule has 0 radical (unpaired) electrons. The third-order valence-corrected chi connectivity index (χ3v) is 2.43. The second kappa shape index (κ2) is 3.78. The van der Waals surface area contributed by atoms with E-state index in [1.165, 1.54) is 12.1 Å². The molecule has 5 heteroatoms. The van der Waals surface area contributed by atoms with Crippen molar-refractivity contribution in [3.8, 4) is 11.5 Å². The zero-order chi connectivity index (χ0) is 11.6. The van der Waals surface area contributed by atoms with Gasteiger partial charge in [-0.05, 0) is 24.1 Å². The lowest BCUT2D eigenvalue weighted by molar-refractivity contribution is -0.143. The number of carboxylic acids is 1. The molecule has 0 aliphatic rings. The molecule has 0 fully saturated rings. The summed E-state index contributed by atoms with van der Waals surface area (Å²) in [5.41, 5.74) is 4.41. The van der Waals surface area contributed by atoms with E-state index >= 15 is 0 Å². The van der Waals surface area contributed by atoms with Gasteiger partial charge in [0, 0.05) is 0 Å². The molecule has 0 bridgehead atoms. The van der Waals surface area contributed by atoms with Crippen molar-refractivity contribution in [1.82, 2.24) is 0 Å². The van der Waals surface area contributed by atoms with Gasteiger partial charge in [-0.25, -0.2) is 4.79 Å². The van der Waals surface area contributed by atoms with E-state index in [1.807, 2.05) is 0 Å². The SMILES string of the molecule is CCC(N)(C(=O)O)c1ccc(O)c(O)c1. The average Bonchev–Trinajstić information content (AvgIpc) is 2.20. The van der Waals surface area contributed by atoms with Crippen LogP contribution < -0.4 is 5.73 Å². The molecule has 0 aromatic heterocycles. The summed E-state index contributed by atoms with van der Waals surface area (Å²) in [6.07, 6.45) is 0.187. The van der Waals surface area contributed by atoms with Crippen molar-refractivity contribution in [2.24, 2.45) is 5.73 Å². The summed E-state index contributed by atoms with van der Waals surface area (Å²) in [4.78, 5) is 11.0. The second-order valence-electron chi connectivity index (χ2n) is 3.33. The van der Waals surface area contributed by atoms with E-state index in [2.05, 4.69) is 0 Å². The van der Waals surface area contributed by atoms with Crippen LogP contribution in [0.1, 0.15) is 18.9 Å². The first-order chi connectivity index (χ1) is 6.91. The molecule has 0 saturated carbocycles. The van der Waals surface area contributed by atoms with Crippen LogP contribution in [0.15, 0.2) is 18.2 Å². The fraction of sp³-hybridized carbons (Fsp3) is 0.300. The Balaban J connectivity index is 3.25. The first kappa shape index (κ1) is 11.3.